The number of aryl methyl sites for hydroxylation is 1. The molecule has 0 spiro atoms. The molecule has 2 fully saturated rings. The molecule has 10 heteroatoms. The number of ether oxygens (including phenoxy) is 2. The van der Waals surface area contributed by atoms with Crippen LogP contribution in [0.2, 0.25) is 0 Å². The number of amides is 1. The molecule has 0 unspecified atom stereocenters. The van der Waals surface area contributed by atoms with E-state index in [1.54, 1.807) is 13.0 Å². The van der Waals surface area contributed by atoms with Gasteiger partial charge in [0.25, 0.3) is 5.91 Å². The summed E-state index contributed by atoms with van der Waals surface area (Å²) in [7, 11) is 1.40. The Morgan fingerprint density at radius 1 is 1.26 bits per heavy atom. The van der Waals surface area contributed by atoms with Crippen LogP contribution in [0.3, 0.4) is 0 Å². The van der Waals surface area contributed by atoms with Crippen molar-refractivity contribution in [1.29, 1.82) is 0 Å². The minimum atomic E-state index is -0.612. The van der Waals surface area contributed by atoms with Gasteiger partial charge in [-0.2, -0.15) is 0 Å². The van der Waals surface area contributed by atoms with Gasteiger partial charge in [-0.05, 0) is 44.7 Å². The van der Waals surface area contributed by atoms with Gasteiger partial charge in [-0.1, -0.05) is 0 Å². The number of hydrogen-bond acceptors (Lipinski definition) is 7. The van der Waals surface area contributed by atoms with Crippen molar-refractivity contribution >= 4 is 16.9 Å². The third-order valence-electron chi connectivity index (χ3n) is 6.44. The standard InChI is InChI=1S/C24H28FN5O4/c1-12-20(24(32)30-16-9-26-6-5-17(16)31)22-23(29-12)21(27-11-28-22)14-7-19(33-2)15(25)8-18(14)34-10-13-3-4-13/h7-8,11,13,16-17,26,29,31H,3-6,9-10H2,1-2H3,(H,30,32)/t16-,17-/m0/s1. The second kappa shape index (κ2) is 9.19. The van der Waals surface area contributed by atoms with Gasteiger partial charge >= 0.3 is 0 Å². The van der Waals surface area contributed by atoms with E-state index < -0.39 is 18.0 Å². The molecule has 5 rings (SSSR count). The molecule has 3 heterocycles. The lowest BCUT2D eigenvalue weighted by Crippen LogP contribution is -2.53. The molecule has 180 valence electrons. The summed E-state index contributed by atoms with van der Waals surface area (Å²) in [4.78, 5) is 25.2. The van der Waals surface area contributed by atoms with Crippen molar-refractivity contribution < 1.29 is 23.8 Å². The molecule has 1 aliphatic heterocycles. The lowest BCUT2D eigenvalue weighted by atomic mass is 10.0. The van der Waals surface area contributed by atoms with Crippen molar-refractivity contribution in [1.82, 2.24) is 25.6 Å². The maximum Gasteiger partial charge on any atom is 0.255 e. The van der Waals surface area contributed by atoms with Crippen LogP contribution in [0.5, 0.6) is 11.5 Å². The summed E-state index contributed by atoms with van der Waals surface area (Å²) in [6, 6.07) is 2.47. The van der Waals surface area contributed by atoms with E-state index in [0.717, 1.165) is 12.8 Å². The van der Waals surface area contributed by atoms with Crippen molar-refractivity contribution in [3.05, 3.63) is 35.5 Å². The van der Waals surface area contributed by atoms with Crippen LogP contribution < -0.4 is 20.1 Å². The number of nitrogens with zero attached hydrogens (tertiary/aromatic N) is 2. The average molecular weight is 470 g/mol. The number of rotatable bonds is 7. The highest BCUT2D eigenvalue weighted by atomic mass is 19.1. The molecular weight excluding hydrogens is 441 g/mol. The van der Waals surface area contributed by atoms with E-state index in [0.29, 0.717) is 71.3 Å². The van der Waals surface area contributed by atoms with Crippen molar-refractivity contribution in [2.45, 2.75) is 38.3 Å². The number of piperidine rings is 1. The smallest absolute Gasteiger partial charge is 0.255 e. The van der Waals surface area contributed by atoms with E-state index in [1.165, 1.54) is 19.5 Å². The fraction of sp³-hybridized carbons (Fsp3) is 0.458. The largest absolute Gasteiger partial charge is 0.494 e. The second-order valence-electron chi connectivity index (χ2n) is 8.95. The van der Waals surface area contributed by atoms with Crippen LogP contribution in [0.25, 0.3) is 22.3 Å². The van der Waals surface area contributed by atoms with Gasteiger partial charge in [-0.3, -0.25) is 4.79 Å². The molecular formula is C24H28FN5O4. The van der Waals surface area contributed by atoms with E-state index in [9.17, 15) is 14.3 Å². The third-order valence-corrected chi connectivity index (χ3v) is 6.44. The molecule has 2 atom stereocenters. The Kier molecular flexibility index (Phi) is 6.09. The number of benzene rings is 1. The lowest BCUT2D eigenvalue weighted by molar-refractivity contribution is 0.0755. The van der Waals surface area contributed by atoms with Gasteiger partial charge < -0.3 is 30.2 Å². The molecule has 34 heavy (non-hydrogen) atoms. The minimum absolute atomic E-state index is 0.0700. The van der Waals surface area contributed by atoms with Crippen LogP contribution in [-0.2, 0) is 0 Å². The first kappa shape index (κ1) is 22.5. The van der Waals surface area contributed by atoms with Gasteiger partial charge in [0.15, 0.2) is 11.6 Å². The number of aliphatic hydroxyl groups excluding tert-OH is 1. The molecule has 2 aliphatic rings. The number of aromatic nitrogens is 3. The monoisotopic (exact) mass is 469 g/mol. The van der Waals surface area contributed by atoms with Gasteiger partial charge in [0.1, 0.15) is 23.3 Å². The summed E-state index contributed by atoms with van der Waals surface area (Å²) in [6.07, 6.45) is 3.54. The summed E-state index contributed by atoms with van der Waals surface area (Å²) in [5.41, 5.74) is 3.00. The van der Waals surface area contributed by atoms with Crippen molar-refractivity contribution in [2.75, 3.05) is 26.8 Å². The second-order valence-corrected chi connectivity index (χ2v) is 8.95. The number of fused-ring (bicyclic) bond motifs is 1. The fourth-order valence-corrected chi connectivity index (χ4v) is 4.32. The van der Waals surface area contributed by atoms with Gasteiger partial charge in [-0.25, -0.2) is 14.4 Å². The third kappa shape index (κ3) is 4.30. The summed E-state index contributed by atoms with van der Waals surface area (Å²) < 4.78 is 25.7. The number of methoxy groups -OCH3 is 1. The quantitative estimate of drug-likeness (QED) is 0.419. The van der Waals surface area contributed by atoms with Gasteiger partial charge in [0, 0.05) is 23.9 Å². The minimum Gasteiger partial charge on any atom is -0.494 e. The Balaban J connectivity index is 1.55. The SMILES string of the molecule is COc1cc(-c2ncnc3c(C(=O)N[C@H]4CNCC[C@@H]4O)c(C)[nH]c23)c(OCC2CC2)cc1F. The van der Waals surface area contributed by atoms with Crippen LogP contribution in [-0.4, -0.2) is 64.9 Å². The van der Waals surface area contributed by atoms with Crippen LogP contribution in [0.15, 0.2) is 18.5 Å². The fourth-order valence-electron chi connectivity index (χ4n) is 4.32. The maximum absolute atomic E-state index is 14.5. The van der Waals surface area contributed by atoms with Crippen LogP contribution >= 0.6 is 0 Å². The summed E-state index contributed by atoms with van der Waals surface area (Å²) >= 11 is 0. The zero-order valence-electron chi connectivity index (χ0n) is 19.2. The molecule has 1 aliphatic carbocycles. The van der Waals surface area contributed by atoms with Gasteiger partial charge in [0.05, 0.1) is 36.9 Å². The van der Waals surface area contributed by atoms with Gasteiger partial charge in [0.2, 0.25) is 0 Å². The maximum atomic E-state index is 14.5. The number of hydrogen-bond donors (Lipinski definition) is 4. The zero-order chi connectivity index (χ0) is 23.8. The van der Waals surface area contributed by atoms with E-state index >= 15 is 0 Å². The Morgan fingerprint density at radius 3 is 2.82 bits per heavy atom. The average Bonchev–Trinajstić information content (AvgIpc) is 3.59. The number of carbonyl (C=O) groups excluding carboxylic acids is 1. The van der Waals surface area contributed by atoms with E-state index in [1.807, 2.05) is 0 Å². The van der Waals surface area contributed by atoms with Crippen molar-refractivity contribution in [3.8, 4) is 22.8 Å². The normalized spacial score (nSPS) is 20.4. The van der Waals surface area contributed by atoms with Crippen LogP contribution in [0.1, 0.15) is 35.3 Å². The molecule has 0 radical (unpaired) electrons. The Bertz CT molecular complexity index is 1230. The number of nitrogens with one attached hydrogen (secondary N) is 3. The Hall–Kier alpha value is -3.24. The lowest BCUT2D eigenvalue weighted by Gasteiger charge is -2.29. The summed E-state index contributed by atoms with van der Waals surface area (Å²) in [5.74, 6) is 0.0595. The molecule has 9 nitrogen and oxygen atoms in total. The molecule has 3 aromatic rings. The predicted molar refractivity (Wildman–Crippen MR) is 124 cm³/mol. The summed E-state index contributed by atoms with van der Waals surface area (Å²) in [5, 5.41) is 16.3. The first-order valence-corrected chi connectivity index (χ1v) is 11.5. The molecule has 0 bridgehead atoms. The molecule has 4 N–H and O–H groups in total. The molecule has 2 aromatic heterocycles. The Labute approximate surface area is 196 Å². The number of aliphatic hydroxyl groups is 1. The summed E-state index contributed by atoms with van der Waals surface area (Å²) in [6.45, 7) is 3.49. The highest BCUT2D eigenvalue weighted by molar-refractivity contribution is 6.09. The molecule has 1 saturated heterocycles. The first-order valence-electron chi connectivity index (χ1n) is 11.5. The first-order chi connectivity index (χ1) is 16.5. The van der Waals surface area contributed by atoms with E-state index in [-0.39, 0.29) is 11.7 Å². The van der Waals surface area contributed by atoms with E-state index in [4.69, 9.17) is 9.47 Å². The van der Waals surface area contributed by atoms with E-state index in [2.05, 4.69) is 25.6 Å². The van der Waals surface area contributed by atoms with Crippen LogP contribution in [0.4, 0.5) is 4.39 Å². The van der Waals surface area contributed by atoms with Gasteiger partial charge in [-0.15, -0.1) is 0 Å². The molecule has 1 aromatic carbocycles. The predicted octanol–water partition coefficient (Wildman–Crippen LogP) is 2.32. The highest BCUT2D eigenvalue weighted by Gasteiger charge is 2.29. The Morgan fingerprint density at radius 2 is 2.09 bits per heavy atom. The number of halogens is 1. The van der Waals surface area contributed by atoms with Crippen LogP contribution in [0, 0.1) is 18.7 Å². The molecule has 1 amide bonds. The number of H-pyrrole nitrogens is 1. The number of aromatic amines is 1. The number of carbonyl (C=O) groups is 1. The topological polar surface area (TPSA) is 121 Å². The zero-order valence-corrected chi connectivity index (χ0v) is 19.2. The van der Waals surface area contributed by atoms with Crippen molar-refractivity contribution in [2.24, 2.45) is 5.92 Å². The highest BCUT2D eigenvalue weighted by Crippen LogP contribution is 2.39. The van der Waals surface area contributed by atoms with Crippen molar-refractivity contribution in [3.63, 3.8) is 0 Å². The molecule has 1 saturated carbocycles.